The quantitative estimate of drug-likeness (QED) is 0.858. The Bertz CT molecular complexity index is 731. The molecule has 0 bridgehead atoms. The molecule has 2 N–H and O–H groups in total. The number of nitrogens with zero attached hydrogens (tertiary/aromatic N) is 2. The zero-order valence-electron chi connectivity index (χ0n) is 14.7. The van der Waals surface area contributed by atoms with Crippen LogP contribution in [0.1, 0.15) is 28.2 Å². The molecule has 0 saturated carbocycles. The average molecular weight is 359 g/mol. The van der Waals surface area contributed by atoms with Gasteiger partial charge in [-0.1, -0.05) is 24.3 Å². The predicted octanol–water partition coefficient (Wildman–Crippen LogP) is 2.05. The van der Waals surface area contributed by atoms with E-state index >= 15 is 0 Å². The van der Waals surface area contributed by atoms with E-state index in [2.05, 4.69) is 20.6 Å². The molecule has 5 nitrogen and oxygen atoms in total. The standard InChI is InChI=1S/C19H25N3O2S/c1-13-5-3-4-6-15(13)9-19(24)21-17-7-8-22(11-18(17)23)10-16-12-25-14(2)20-16/h3-6,12,17-18,23H,7-11H2,1-2H3,(H,21,24). The number of benzene rings is 1. The zero-order valence-corrected chi connectivity index (χ0v) is 15.6. The number of aryl methyl sites for hydroxylation is 2. The van der Waals surface area contributed by atoms with Crippen LogP contribution in [0.5, 0.6) is 0 Å². The Labute approximate surface area is 152 Å². The van der Waals surface area contributed by atoms with Crippen molar-refractivity contribution in [3.05, 3.63) is 51.5 Å². The summed E-state index contributed by atoms with van der Waals surface area (Å²) in [6.07, 6.45) is 0.566. The molecule has 0 radical (unpaired) electrons. The number of carbonyl (C=O) groups excluding carboxylic acids is 1. The van der Waals surface area contributed by atoms with Crippen LogP contribution in [0.4, 0.5) is 0 Å². The second-order valence-corrected chi connectivity index (χ2v) is 7.79. The predicted molar refractivity (Wildman–Crippen MR) is 99.6 cm³/mol. The van der Waals surface area contributed by atoms with Crippen molar-refractivity contribution in [2.24, 2.45) is 0 Å². The highest BCUT2D eigenvalue weighted by molar-refractivity contribution is 7.09. The third-order valence-electron chi connectivity index (χ3n) is 4.68. The van der Waals surface area contributed by atoms with Crippen molar-refractivity contribution in [3.8, 4) is 0 Å². The van der Waals surface area contributed by atoms with Gasteiger partial charge in [-0.15, -0.1) is 11.3 Å². The highest BCUT2D eigenvalue weighted by Crippen LogP contribution is 2.16. The normalized spacial score (nSPS) is 21.2. The number of aliphatic hydroxyl groups is 1. The van der Waals surface area contributed by atoms with Crippen molar-refractivity contribution in [2.75, 3.05) is 13.1 Å². The number of carbonyl (C=O) groups is 1. The molecule has 25 heavy (non-hydrogen) atoms. The van der Waals surface area contributed by atoms with Crippen LogP contribution in [-0.2, 0) is 17.8 Å². The average Bonchev–Trinajstić information content (AvgIpc) is 2.97. The molecule has 134 valence electrons. The van der Waals surface area contributed by atoms with E-state index in [0.717, 1.165) is 41.3 Å². The number of β-amino-alcohol motifs (C(OH)–C–C–N with tert-alkyl or cyclic N) is 1. The summed E-state index contributed by atoms with van der Waals surface area (Å²) in [5.41, 5.74) is 3.20. The lowest BCUT2D eigenvalue weighted by atomic mass is 10.0. The Morgan fingerprint density at radius 3 is 2.88 bits per heavy atom. The number of aliphatic hydroxyl groups excluding tert-OH is 1. The van der Waals surface area contributed by atoms with Crippen LogP contribution in [-0.4, -0.2) is 46.1 Å². The van der Waals surface area contributed by atoms with E-state index in [1.54, 1.807) is 11.3 Å². The number of nitrogens with one attached hydrogen (secondary N) is 1. The number of aromatic nitrogens is 1. The summed E-state index contributed by atoms with van der Waals surface area (Å²) in [6, 6.07) is 7.73. The SMILES string of the molecule is Cc1nc(CN2CCC(NC(=O)Cc3ccccc3C)C(O)C2)cs1. The van der Waals surface area contributed by atoms with Gasteiger partial charge < -0.3 is 10.4 Å². The Morgan fingerprint density at radius 2 is 2.20 bits per heavy atom. The Hall–Kier alpha value is -1.76. The van der Waals surface area contributed by atoms with Crippen LogP contribution >= 0.6 is 11.3 Å². The van der Waals surface area contributed by atoms with Crippen molar-refractivity contribution < 1.29 is 9.90 Å². The molecular weight excluding hydrogens is 334 g/mol. The largest absolute Gasteiger partial charge is 0.390 e. The topological polar surface area (TPSA) is 65.5 Å². The lowest BCUT2D eigenvalue weighted by Gasteiger charge is -2.36. The van der Waals surface area contributed by atoms with Crippen LogP contribution in [0.3, 0.4) is 0 Å². The summed E-state index contributed by atoms with van der Waals surface area (Å²) in [5.74, 6) is -0.0260. The van der Waals surface area contributed by atoms with Gasteiger partial charge in [-0.3, -0.25) is 9.69 Å². The number of hydrogen-bond donors (Lipinski definition) is 2. The summed E-state index contributed by atoms with van der Waals surface area (Å²) >= 11 is 1.65. The smallest absolute Gasteiger partial charge is 0.224 e. The van der Waals surface area contributed by atoms with Gasteiger partial charge in [0.1, 0.15) is 0 Å². The maximum Gasteiger partial charge on any atom is 0.224 e. The third-order valence-corrected chi connectivity index (χ3v) is 5.50. The van der Waals surface area contributed by atoms with Crippen molar-refractivity contribution in [1.29, 1.82) is 0 Å². The van der Waals surface area contributed by atoms with Crippen molar-refractivity contribution in [3.63, 3.8) is 0 Å². The van der Waals surface area contributed by atoms with Gasteiger partial charge in [0.2, 0.25) is 5.91 Å². The van der Waals surface area contributed by atoms with Crippen LogP contribution < -0.4 is 5.32 Å². The molecular formula is C19H25N3O2S. The molecule has 2 heterocycles. The number of rotatable bonds is 5. The van der Waals surface area contributed by atoms with Crippen molar-refractivity contribution >= 4 is 17.2 Å². The Morgan fingerprint density at radius 1 is 1.40 bits per heavy atom. The Kier molecular flexibility index (Phi) is 5.83. The first kappa shape index (κ1) is 18.0. The highest BCUT2D eigenvalue weighted by atomic mass is 32.1. The summed E-state index contributed by atoms with van der Waals surface area (Å²) < 4.78 is 0. The molecule has 2 atom stereocenters. The van der Waals surface area contributed by atoms with E-state index in [-0.39, 0.29) is 11.9 Å². The van der Waals surface area contributed by atoms with Gasteiger partial charge in [-0.05, 0) is 31.4 Å². The van der Waals surface area contributed by atoms with E-state index in [1.807, 2.05) is 38.1 Å². The summed E-state index contributed by atoms with van der Waals surface area (Å²) in [5, 5.41) is 16.6. The number of hydrogen-bond acceptors (Lipinski definition) is 5. The fraction of sp³-hybridized carbons (Fsp3) is 0.474. The molecule has 1 saturated heterocycles. The van der Waals surface area contributed by atoms with Gasteiger partial charge in [-0.25, -0.2) is 4.98 Å². The van der Waals surface area contributed by atoms with Gasteiger partial charge in [0.05, 0.1) is 29.3 Å². The minimum atomic E-state index is -0.547. The van der Waals surface area contributed by atoms with Crippen molar-refractivity contribution in [1.82, 2.24) is 15.2 Å². The lowest BCUT2D eigenvalue weighted by Crippen LogP contribution is -2.54. The second kappa shape index (κ2) is 8.08. The van der Waals surface area contributed by atoms with E-state index in [9.17, 15) is 9.90 Å². The van der Waals surface area contributed by atoms with Crippen LogP contribution in [0.15, 0.2) is 29.6 Å². The number of thiazole rings is 1. The van der Waals surface area contributed by atoms with E-state index < -0.39 is 6.10 Å². The lowest BCUT2D eigenvalue weighted by molar-refractivity contribution is -0.122. The van der Waals surface area contributed by atoms with Crippen molar-refractivity contribution in [2.45, 2.75) is 45.4 Å². The van der Waals surface area contributed by atoms with Gasteiger partial charge in [-0.2, -0.15) is 0 Å². The number of likely N-dealkylation sites (tertiary alicyclic amines) is 1. The second-order valence-electron chi connectivity index (χ2n) is 6.73. The minimum absolute atomic E-state index is 0.0260. The molecule has 3 rings (SSSR count). The molecule has 2 aromatic rings. The molecule has 1 fully saturated rings. The molecule has 0 aliphatic carbocycles. The minimum Gasteiger partial charge on any atom is -0.390 e. The molecule has 1 aromatic heterocycles. The fourth-order valence-electron chi connectivity index (χ4n) is 3.26. The molecule has 1 amide bonds. The Balaban J connectivity index is 1.49. The number of piperidine rings is 1. The maximum absolute atomic E-state index is 12.3. The first-order chi connectivity index (χ1) is 12.0. The van der Waals surface area contributed by atoms with Gasteiger partial charge in [0.25, 0.3) is 0 Å². The summed E-state index contributed by atoms with van der Waals surface area (Å²) in [6.45, 7) is 6.18. The highest BCUT2D eigenvalue weighted by Gasteiger charge is 2.29. The number of amides is 1. The zero-order chi connectivity index (χ0) is 17.8. The van der Waals surface area contributed by atoms with E-state index in [1.165, 1.54) is 0 Å². The maximum atomic E-state index is 12.3. The molecule has 1 aromatic carbocycles. The van der Waals surface area contributed by atoms with Gasteiger partial charge in [0, 0.05) is 25.0 Å². The molecule has 0 spiro atoms. The first-order valence-electron chi connectivity index (χ1n) is 8.66. The molecule has 1 aliphatic rings. The monoisotopic (exact) mass is 359 g/mol. The van der Waals surface area contributed by atoms with Crippen LogP contribution in [0.25, 0.3) is 0 Å². The summed E-state index contributed by atoms with van der Waals surface area (Å²) in [7, 11) is 0. The fourth-order valence-corrected chi connectivity index (χ4v) is 3.86. The summed E-state index contributed by atoms with van der Waals surface area (Å²) in [4.78, 5) is 19.0. The van der Waals surface area contributed by atoms with Crippen LogP contribution in [0, 0.1) is 13.8 Å². The van der Waals surface area contributed by atoms with E-state index in [0.29, 0.717) is 13.0 Å². The van der Waals surface area contributed by atoms with Gasteiger partial charge in [0.15, 0.2) is 0 Å². The third kappa shape index (κ3) is 4.87. The molecule has 6 heteroatoms. The van der Waals surface area contributed by atoms with Crippen LogP contribution in [0.2, 0.25) is 0 Å². The first-order valence-corrected chi connectivity index (χ1v) is 9.54. The van der Waals surface area contributed by atoms with Gasteiger partial charge >= 0.3 is 0 Å². The molecule has 1 aliphatic heterocycles. The van der Waals surface area contributed by atoms with E-state index in [4.69, 9.17) is 0 Å². The molecule has 2 unspecified atom stereocenters.